The van der Waals surface area contributed by atoms with E-state index in [1.807, 2.05) is 91.0 Å². The van der Waals surface area contributed by atoms with Crippen molar-refractivity contribution < 1.29 is 0 Å². The third kappa shape index (κ3) is 5.62. The van der Waals surface area contributed by atoms with Gasteiger partial charge in [-0.3, -0.25) is 0 Å². The molecular weight excluding hydrogens is 725 g/mol. The first-order chi connectivity index (χ1) is 27.7. The molecule has 0 atom stereocenters. The van der Waals surface area contributed by atoms with Crippen LogP contribution < -0.4 is 0 Å². The largest absolute Gasteiger partial charge is 0.208 e. The molecule has 11 rings (SSSR count). The second-order valence-electron chi connectivity index (χ2n) is 13.5. The van der Waals surface area contributed by atoms with E-state index >= 15 is 0 Å². The number of hydrogen-bond donors (Lipinski definition) is 0. The van der Waals surface area contributed by atoms with E-state index in [1.165, 1.54) is 20.2 Å². The molecule has 0 bridgehead atoms. The summed E-state index contributed by atoms with van der Waals surface area (Å²) in [5.41, 5.74) is 5.71. The van der Waals surface area contributed by atoms with Gasteiger partial charge in [0, 0.05) is 73.7 Å². The van der Waals surface area contributed by atoms with Gasteiger partial charge in [-0.05, 0) is 24.3 Å². The molecule has 0 saturated heterocycles. The summed E-state index contributed by atoms with van der Waals surface area (Å²) in [5.74, 6) is 3.84. The third-order valence-electron chi connectivity index (χ3n) is 10.0. The van der Waals surface area contributed by atoms with E-state index in [0.29, 0.717) is 34.9 Å². The maximum atomic E-state index is 5.20. The number of benzene rings is 7. The summed E-state index contributed by atoms with van der Waals surface area (Å²) >= 11 is 3.52. The normalized spacial score (nSPS) is 11.6. The lowest BCUT2D eigenvalue weighted by molar-refractivity contribution is 1.08. The van der Waals surface area contributed by atoms with Crippen LogP contribution >= 0.6 is 22.7 Å². The maximum absolute atomic E-state index is 5.20. The molecule has 0 aliphatic heterocycles. The SMILES string of the molecule is c1ccc(-c2nc(-c3ccccc3)nc(-c3cccc4c3sc3cc(-c5nc(-c6ccccc6)nc(-c6cccc7sc8ccccc8c67)n5)ccc34)n2)cc1. The smallest absolute Gasteiger partial charge is 0.165 e. The minimum Gasteiger partial charge on any atom is -0.208 e. The minimum absolute atomic E-state index is 0.627. The zero-order chi connectivity index (χ0) is 37.0. The van der Waals surface area contributed by atoms with E-state index in [2.05, 4.69) is 78.9 Å². The molecule has 0 radical (unpaired) electrons. The topological polar surface area (TPSA) is 77.3 Å². The fraction of sp³-hybridized carbons (Fsp3) is 0. The molecule has 4 heterocycles. The van der Waals surface area contributed by atoms with Crippen molar-refractivity contribution in [3.63, 3.8) is 0 Å². The van der Waals surface area contributed by atoms with Gasteiger partial charge in [-0.15, -0.1) is 22.7 Å². The predicted molar refractivity (Wildman–Crippen MR) is 232 cm³/mol. The van der Waals surface area contributed by atoms with E-state index in [-0.39, 0.29) is 0 Å². The van der Waals surface area contributed by atoms with Crippen LogP contribution in [0, 0.1) is 0 Å². The van der Waals surface area contributed by atoms with Gasteiger partial charge in [-0.1, -0.05) is 146 Å². The van der Waals surface area contributed by atoms with Crippen molar-refractivity contribution in [2.45, 2.75) is 0 Å². The molecule has 0 aliphatic carbocycles. The van der Waals surface area contributed by atoms with E-state index in [4.69, 9.17) is 29.9 Å². The molecule has 4 aromatic heterocycles. The summed E-state index contributed by atoms with van der Waals surface area (Å²) in [7, 11) is 0. The highest BCUT2D eigenvalue weighted by Crippen LogP contribution is 2.42. The van der Waals surface area contributed by atoms with Gasteiger partial charge in [-0.2, -0.15) is 0 Å². The summed E-state index contributed by atoms with van der Waals surface area (Å²) in [6.45, 7) is 0. The van der Waals surface area contributed by atoms with Crippen molar-refractivity contribution >= 4 is 63.0 Å². The van der Waals surface area contributed by atoms with Gasteiger partial charge < -0.3 is 0 Å². The average molecular weight is 753 g/mol. The molecule has 0 N–H and O–H groups in total. The fourth-order valence-electron chi connectivity index (χ4n) is 7.35. The molecule has 56 heavy (non-hydrogen) atoms. The molecule has 6 nitrogen and oxygen atoms in total. The van der Waals surface area contributed by atoms with Crippen LogP contribution in [-0.4, -0.2) is 29.9 Å². The summed E-state index contributed by atoms with van der Waals surface area (Å²) in [6.07, 6.45) is 0. The molecule has 7 aromatic carbocycles. The Hall–Kier alpha value is -7.00. The summed E-state index contributed by atoms with van der Waals surface area (Å²) in [4.78, 5) is 30.4. The lowest BCUT2D eigenvalue weighted by Crippen LogP contribution is -2.00. The van der Waals surface area contributed by atoms with Crippen molar-refractivity contribution in [1.82, 2.24) is 29.9 Å². The first-order valence-electron chi connectivity index (χ1n) is 18.3. The molecular formula is C48H28N6S2. The molecule has 0 amide bonds. The van der Waals surface area contributed by atoms with E-state index in [0.717, 1.165) is 53.6 Å². The van der Waals surface area contributed by atoms with Crippen molar-refractivity contribution in [3.8, 4) is 68.3 Å². The summed E-state index contributed by atoms with van der Waals surface area (Å²) < 4.78 is 4.69. The van der Waals surface area contributed by atoms with Gasteiger partial charge in [0.1, 0.15) is 0 Å². The van der Waals surface area contributed by atoms with Crippen molar-refractivity contribution in [2.24, 2.45) is 0 Å². The van der Waals surface area contributed by atoms with Crippen molar-refractivity contribution in [1.29, 1.82) is 0 Å². The van der Waals surface area contributed by atoms with Crippen LogP contribution in [0.1, 0.15) is 0 Å². The van der Waals surface area contributed by atoms with Crippen molar-refractivity contribution in [3.05, 3.63) is 170 Å². The molecule has 0 unspecified atom stereocenters. The lowest BCUT2D eigenvalue weighted by Gasteiger charge is -2.09. The van der Waals surface area contributed by atoms with Gasteiger partial charge in [0.2, 0.25) is 0 Å². The highest BCUT2D eigenvalue weighted by atomic mass is 32.1. The number of nitrogens with zero attached hydrogens (tertiary/aromatic N) is 6. The van der Waals surface area contributed by atoms with E-state index in [9.17, 15) is 0 Å². The molecule has 8 heteroatoms. The van der Waals surface area contributed by atoms with Crippen molar-refractivity contribution in [2.75, 3.05) is 0 Å². The average Bonchev–Trinajstić information content (AvgIpc) is 3.85. The first-order valence-corrected chi connectivity index (χ1v) is 19.9. The van der Waals surface area contributed by atoms with Gasteiger partial charge in [0.05, 0.1) is 0 Å². The zero-order valence-corrected chi connectivity index (χ0v) is 31.3. The Morgan fingerprint density at radius 3 is 1.41 bits per heavy atom. The maximum Gasteiger partial charge on any atom is 0.165 e. The highest BCUT2D eigenvalue weighted by Gasteiger charge is 2.20. The molecule has 0 aliphatic rings. The first kappa shape index (κ1) is 32.4. The number of thiophene rings is 2. The Bertz CT molecular complexity index is 3190. The summed E-state index contributed by atoms with van der Waals surface area (Å²) in [6, 6.07) is 58.2. The second kappa shape index (κ2) is 13.4. The monoisotopic (exact) mass is 752 g/mol. The Morgan fingerprint density at radius 1 is 0.286 bits per heavy atom. The second-order valence-corrected chi connectivity index (χ2v) is 15.6. The van der Waals surface area contributed by atoms with Crippen LogP contribution in [0.15, 0.2) is 170 Å². The van der Waals surface area contributed by atoms with Crippen LogP contribution in [0.3, 0.4) is 0 Å². The molecule has 262 valence electrons. The lowest BCUT2D eigenvalue weighted by atomic mass is 10.0. The zero-order valence-electron chi connectivity index (χ0n) is 29.7. The standard InChI is InChI=1S/C48H28N6S2/c1-4-14-29(15-5-1)43-49-44(30-16-6-2-7-17-30)53-48(52-43)37-23-12-21-34-33-27-26-32(28-40(33)56-42(34)37)46-50-45(31-18-8-3-9-19-31)51-47(54-46)36-22-13-25-39-41(36)35-20-10-11-24-38(35)55-39/h1-28H. The Balaban J connectivity index is 1.08. The quantitative estimate of drug-likeness (QED) is 0.168. The van der Waals surface area contributed by atoms with E-state index < -0.39 is 0 Å². The van der Waals surface area contributed by atoms with Gasteiger partial charge in [0.25, 0.3) is 0 Å². The Kier molecular flexibility index (Phi) is 7.75. The van der Waals surface area contributed by atoms with Crippen LogP contribution in [0.4, 0.5) is 0 Å². The molecule has 0 saturated carbocycles. The van der Waals surface area contributed by atoms with Crippen LogP contribution in [-0.2, 0) is 0 Å². The highest BCUT2D eigenvalue weighted by molar-refractivity contribution is 7.26. The van der Waals surface area contributed by atoms with Crippen LogP contribution in [0.25, 0.3) is 109 Å². The van der Waals surface area contributed by atoms with Gasteiger partial charge >= 0.3 is 0 Å². The number of aromatic nitrogens is 6. The Morgan fingerprint density at radius 2 is 0.768 bits per heavy atom. The molecule has 11 aromatic rings. The molecule has 0 fully saturated rings. The number of rotatable bonds is 6. The minimum atomic E-state index is 0.627. The van der Waals surface area contributed by atoms with Gasteiger partial charge in [0.15, 0.2) is 34.9 Å². The number of hydrogen-bond acceptors (Lipinski definition) is 8. The fourth-order valence-corrected chi connectivity index (χ4v) is 9.73. The number of fused-ring (bicyclic) bond motifs is 6. The van der Waals surface area contributed by atoms with Crippen LogP contribution in [0.5, 0.6) is 0 Å². The Labute approximate surface area is 329 Å². The third-order valence-corrected chi connectivity index (χ3v) is 12.3. The van der Waals surface area contributed by atoms with E-state index in [1.54, 1.807) is 22.7 Å². The summed E-state index contributed by atoms with van der Waals surface area (Å²) in [5, 5.41) is 4.68. The van der Waals surface area contributed by atoms with Crippen LogP contribution in [0.2, 0.25) is 0 Å². The van der Waals surface area contributed by atoms with Gasteiger partial charge in [-0.25, -0.2) is 29.9 Å². The molecule has 0 spiro atoms. The predicted octanol–water partition coefficient (Wildman–Crippen LogP) is 12.8.